The highest BCUT2D eigenvalue weighted by molar-refractivity contribution is 6.99. The van der Waals surface area contributed by atoms with Gasteiger partial charge in [-0.1, -0.05) is 120 Å². The number of rotatable bonds is 20. The van der Waals surface area contributed by atoms with E-state index in [-0.39, 0.29) is 34.7 Å². The molecule has 1 N–H and O–H groups in total. The Hall–Kier alpha value is -1.45. The summed E-state index contributed by atoms with van der Waals surface area (Å²) in [6.45, 7) is 24.0. The number of fused-ring (bicyclic) bond motifs is 1. The van der Waals surface area contributed by atoms with Gasteiger partial charge in [0, 0.05) is 52.3 Å². The van der Waals surface area contributed by atoms with Crippen LogP contribution in [0, 0.1) is 29.1 Å². The largest absolute Gasteiger partial charge is 0.407 e. The molecule has 2 aromatic rings. The van der Waals surface area contributed by atoms with Crippen molar-refractivity contribution >= 4 is 26.8 Å². The molecule has 2 aromatic carbocycles. The molecule has 2 spiro atoms. The summed E-state index contributed by atoms with van der Waals surface area (Å²) in [6.07, 6.45) is 8.17. The molecule has 0 radical (unpaired) electrons. The summed E-state index contributed by atoms with van der Waals surface area (Å²) in [5.41, 5.74) is -1.77. The van der Waals surface area contributed by atoms with Crippen molar-refractivity contribution in [1.82, 2.24) is 0 Å². The Kier molecular flexibility index (Phi) is 13.4. The van der Waals surface area contributed by atoms with Crippen LogP contribution < -0.4 is 10.4 Å². The molecule has 58 heavy (non-hydrogen) atoms. The van der Waals surface area contributed by atoms with Crippen molar-refractivity contribution in [3.63, 3.8) is 0 Å². The first-order valence-electron chi connectivity index (χ1n) is 22.8. The fourth-order valence-electron chi connectivity index (χ4n) is 12.7. The molecule has 2 heterocycles. The van der Waals surface area contributed by atoms with Crippen LogP contribution in [0.3, 0.4) is 0 Å². The second kappa shape index (κ2) is 17.4. The second-order valence-corrected chi connectivity index (χ2v) is 31.1. The number of unbranched alkanes of at least 4 members (excludes halogenated alkanes) is 3. The van der Waals surface area contributed by atoms with Crippen molar-refractivity contribution < 1.29 is 38.0 Å². The van der Waals surface area contributed by atoms with Gasteiger partial charge in [-0.25, -0.2) is 0 Å². The SMILES string of the molecule is CCOC1C[C@@]2(CO1)C[C@]1(O)C[C@H]3[C@H](CCOCOCC[Si](C)(C)C)[C@@H](CCCCCCO[Si](c4ccccc4)(c4ccccc4)C(C)(C)C)C1[C@@]21OC(C)(C)O[C@H]31. The van der Waals surface area contributed by atoms with E-state index in [2.05, 4.69) is 115 Å². The van der Waals surface area contributed by atoms with E-state index in [0.717, 1.165) is 70.6 Å². The number of hydrogen-bond donors (Lipinski definition) is 1. The fourth-order valence-corrected chi connectivity index (χ4v) is 18.0. The summed E-state index contributed by atoms with van der Waals surface area (Å²) in [5, 5.41) is 15.5. The molecule has 10 heteroatoms. The summed E-state index contributed by atoms with van der Waals surface area (Å²) >= 11 is 0. The van der Waals surface area contributed by atoms with Gasteiger partial charge in [-0.05, 0) is 92.1 Å². The van der Waals surface area contributed by atoms with Crippen molar-refractivity contribution in [2.75, 3.05) is 39.8 Å². The normalized spacial score (nSPS) is 34.0. The van der Waals surface area contributed by atoms with Gasteiger partial charge in [-0.15, -0.1) is 0 Å². The van der Waals surface area contributed by atoms with Crippen molar-refractivity contribution in [2.24, 2.45) is 29.1 Å². The van der Waals surface area contributed by atoms with Crippen LogP contribution in [0.5, 0.6) is 0 Å². The van der Waals surface area contributed by atoms with Crippen LogP contribution in [0.4, 0.5) is 0 Å². The number of hydrogen-bond acceptors (Lipinski definition) is 8. The predicted molar refractivity (Wildman–Crippen MR) is 236 cm³/mol. The Morgan fingerprint density at radius 3 is 2.10 bits per heavy atom. The Morgan fingerprint density at radius 1 is 0.810 bits per heavy atom. The fraction of sp³-hybridized carbons (Fsp3) is 0.750. The van der Waals surface area contributed by atoms with Crippen molar-refractivity contribution in [3.8, 4) is 0 Å². The van der Waals surface area contributed by atoms with E-state index < -0.39 is 33.4 Å². The van der Waals surface area contributed by atoms with Gasteiger partial charge in [-0.2, -0.15) is 0 Å². The molecule has 6 fully saturated rings. The van der Waals surface area contributed by atoms with E-state index >= 15 is 0 Å². The number of aliphatic hydroxyl groups is 1. The first kappa shape index (κ1) is 44.6. The van der Waals surface area contributed by atoms with Crippen LogP contribution in [0.15, 0.2) is 60.7 Å². The van der Waals surface area contributed by atoms with Gasteiger partial charge in [0.05, 0.1) is 18.3 Å². The van der Waals surface area contributed by atoms with E-state index in [0.29, 0.717) is 44.9 Å². The molecule has 0 aromatic heterocycles. The molecule has 4 bridgehead atoms. The van der Waals surface area contributed by atoms with Crippen molar-refractivity contribution in [1.29, 1.82) is 0 Å². The number of ether oxygens (including phenoxy) is 6. The van der Waals surface area contributed by atoms with Crippen LogP contribution in [0.25, 0.3) is 0 Å². The Balaban J connectivity index is 1.05. The Morgan fingerprint density at radius 2 is 1.47 bits per heavy atom. The first-order chi connectivity index (χ1) is 27.5. The summed E-state index contributed by atoms with van der Waals surface area (Å²) < 4.78 is 46.1. The molecule has 8 rings (SSSR count). The zero-order chi connectivity index (χ0) is 41.5. The lowest BCUT2D eigenvalue weighted by atomic mass is 9.46. The second-order valence-electron chi connectivity index (χ2n) is 21.2. The van der Waals surface area contributed by atoms with Gasteiger partial charge >= 0.3 is 0 Å². The average molecular weight is 837 g/mol. The molecule has 4 aliphatic carbocycles. The maximum absolute atomic E-state index is 12.9. The zero-order valence-electron chi connectivity index (χ0n) is 37.4. The van der Waals surface area contributed by atoms with Gasteiger partial charge in [0.2, 0.25) is 0 Å². The molecule has 0 amide bonds. The molecule has 6 aliphatic rings. The van der Waals surface area contributed by atoms with Gasteiger partial charge < -0.3 is 38.0 Å². The van der Waals surface area contributed by atoms with Gasteiger partial charge in [-0.3, -0.25) is 0 Å². The summed E-state index contributed by atoms with van der Waals surface area (Å²) in [6, 6.07) is 23.1. The predicted octanol–water partition coefficient (Wildman–Crippen LogP) is 8.91. The lowest BCUT2D eigenvalue weighted by Crippen LogP contribution is -2.71. The minimum Gasteiger partial charge on any atom is -0.407 e. The van der Waals surface area contributed by atoms with Gasteiger partial charge in [0.1, 0.15) is 12.4 Å². The molecule has 2 unspecified atom stereocenters. The van der Waals surface area contributed by atoms with E-state index in [1.54, 1.807) is 0 Å². The van der Waals surface area contributed by atoms with E-state index in [9.17, 15) is 5.11 Å². The molecule has 8 nitrogen and oxygen atoms in total. The van der Waals surface area contributed by atoms with Gasteiger partial charge in [0.25, 0.3) is 8.32 Å². The summed E-state index contributed by atoms with van der Waals surface area (Å²) in [4.78, 5) is 0. The van der Waals surface area contributed by atoms with E-state index in [1.165, 1.54) is 10.4 Å². The molecule has 4 saturated carbocycles. The Labute approximate surface area is 352 Å². The molecule has 9 atom stereocenters. The minimum atomic E-state index is -2.56. The highest BCUT2D eigenvalue weighted by Crippen LogP contribution is 2.77. The minimum absolute atomic E-state index is 0.0303. The molecule has 2 aliphatic heterocycles. The molecular weight excluding hydrogens is 761 g/mol. The van der Waals surface area contributed by atoms with Crippen molar-refractivity contribution in [3.05, 3.63) is 60.7 Å². The summed E-state index contributed by atoms with van der Waals surface area (Å²) in [5.74, 6) is 0.0914. The highest BCUT2D eigenvalue weighted by Gasteiger charge is 2.85. The third-order valence-corrected chi connectivity index (χ3v) is 21.4. The quantitative estimate of drug-likeness (QED) is 0.0805. The van der Waals surface area contributed by atoms with Crippen LogP contribution in [-0.2, 0) is 32.8 Å². The maximum Gasteiger partial charge on any atom is 0.261 e. The van der Waals surface area contributed by atoms with E-state index in [1.807, 2.05) is 6.92 Å². The monoisotopic (exact) mass is 837 g/mol. The maximum atomic E-state index is 12.9. The van der Waals surface area contributed by atoms with Gasteiger partial charge in [0.15, 0.2) is 12.1 Å². The number of benzene rings is 2. The molecule has 2 saturated heterocycles. The lowest BCUT2D eigenvalue weighted by molar-refractivity contribution is -0.249. The van der Waals surface area contributed by atoms with Crippen LogP contribution in [0.2, 0.25) is 30.7 Å². The van der Waals surface area contributed by atoms with Crippen LogP contribution in [-0.4, -0.2) is 90.7 Å². The lowest BCUT2D eigenvalue weighted by Gasteiger charge is -2.62. The van der Waals surface area contributed by atoms with Crippen molar-refractivity contribution in [2.45, 2.75) is 159 Å². The molecular formula is C48H76O8Si2. The standard InChI is InChI=1S/C48H76O8Si2/c1-10-52-41-32-46(34-53-41)33-47(49)31-40-38(26-28-50-35-51-29-30-57(7,8)9)39(42(47)48(46)43(40)55-45(5,6)56-48)25-19-11-12-20-27-54-58(44(2,3)4,36-21-15-13-16-22-36)37-23-17-14-18-24-37/h13-18,21-24,38-43,49H,10-12,19-20,25-35H2,1-9H3/t38-,39-,40+,41?,42?,43-,46+,47-,48+/m1/s1. The Bertz CT molecular complexity index is 1590. The third-order valence-electron chi connectivity index (χ3n) is 14.6. The molecule has 324 valence electrons. The first-order valence-corrected chi connectivity index (χ1v) is 28.4. The van der Waals surface area contributed by atoms with Crippen LogP contribution >= 0.6 is 0 Å². The smallest absolute Gasteiger partial charge is 0.261 e. The van der Waals surface area contributed by atoms with E-state index in [4.69, 9.17) is 32.8 Å². The van der Waals surface area contributed by atoms with Crippen LogP contribution in [0.1, 0.15) is 99.3 Å². The zero-order valence-corrected chi connectivity index (χ0v) is 39.4. The summed E-state index contributed by atoms with van der Waals surface area (Å²) in [7, 11) is -3.71. The topological polar surface area (TPSA) is 84.8 Å². The average Bonchev–Trinajstić information content (AvgIpc) is 3.76. The highest BCUT2D eigenvalue weighted by atomic mass is 28.4. The third kappa shape index (κ3) is 8.39.